The second-order valence-electron chi connectivity index (χ2n) is 4.95. The van der Waals surface area contributed by atoms with Crippen LogP contribution in [0, 0.1) is 13.8 Å². The van der Waals surface area contributed by atoms with Gasteiger partial charge >= 0.3 is 0 Å². The maximum atomic E-state index is 5.75. The first kappa shape index (κ1) is 14.9. The minimum absolute atomic E-state index is 0.205. The fourth-order valence-corrected chi connectivity index (χ4v) is 2.04. The Hall–Kier alpha value is -2.49. The molecular weight excluding hydrogens is 264 g/mol. The molecule has 4 nitrogen and oxygen atoms in total. The molecule has 2 rings (SSSR count). The molecule has 0 heterocycles. The summed E-state index contributed by atoms with van der Waals surface area (Å²) in [7, 11) is 0. The summed E-state index contributed by atoms with van der Waals surface area (Å²) in [6.07, 6.45) is 0. The predicted molar refractivity (Wildman–Crippen MR) is 84.3 cm³/mol. The largest absolute Gasteiger partial charge is 0.486 e. The Morgan fingerprint density at radius 3 is 2.38 bits per heavy atom. The van der Waals surface area contributed by atoms with Gasteiger partial charge in [0.2, 0.25) is 0 Å². The van der Waals surface area contributed by atoms with Crippen molar-refractivity contribution in [3.05, 3.63) is 65.2 Å². The molecule has 0 aliphatic heterocycles. The van der Waals surface area contributed by atoms with Gasteiger partial charge in [-0.05, 0) is 31.5 Å². The summed E-state index contributed by atoms with van der Waals surface area (Å²) in [6, 6.07) is 15.7. The van der Waals surface area contributed by atoms with Gasteiger partial charge in [0.05, 0.1) is 0 Å². The van der Waals surface area contributed by atoms with E-state index in [4.69, 9.17) is 15.3 Å². The number of nitrogens with two attached hydrogens (primary N) is 1. The molecule has 21 heavy (non-hydrogen) atoms. The molecule has 0 aliphatic rings. The summed E-state index contributed by atoms with van der Waals surface area (Å²) in [6.45, 7) is 4.72. The van der Waals surface area contributed by atoms with Crippen molar-refractivity contribution < 1.29 is 9.57 Å². The molecule has 2 aromatic rings. The van der Waals surface area contributed by atoms with Crippen molar-refractivity contribution in [3.8, 4) is 5.75 Å². The van der Waals surface area contributed by atoms with Crippen LogP contribution < -0.4 is 10.5 Å². The molecule has 0 fully saturated rings. The molecule has 0 saturated heterocycles. The minimum Gasteiger partial charge on any atom is -0.486 e. The van der Waals surface area contributed by atoms with Crippen molar-refractivity contribution in [2.45, 2.75) is 20.5 Å². The molecule has 0 saturated carbocycles. The van der Waals surface area contributed by atoms with Crippen LogP contribution in [0.2, 0.25) is 0 Å². The van der Waals surface area contributed by atoms with Crippen LogP contribution in [0.25, 0.3) is 0 Å². The van der Waals surface area contributed by atoms with Gasteiger partial charge in [0, 0.05) is 0 Å². The first-order valence-corrected chi connectivity index (χ1v) is 6.83. The number of amidine groups is 1. The Morgan fingerprint density at radius 1 is 1.05 bits per heavy atom. The molecule has 0 radical (unpaired) electrons. The Labute approximate surface area is 125 Å². The quantitative estimate of drug-likeness (QED) is 0.503. The van der Waals surface area contributed by atoms with Crippen LogP contribution in [0.1, 0.15) is 16.7 Å². The van der Waals surface area contributed by atoms with E-state index in [2.05, 4.69) is 37.2 Å². The van der Waals surface area contributed by atoms with E-state index in [1.807, 2.05) is 30.3 Å². The average Bonchev–Trinajstić information content (AvgIpc) is 2.45. The highest BCUT2D eigenvalue weighted by molar-refractivity contribution is 5.81. The summed E-state index contributed by atoms with van der Waals surface area (Å²) in [5.74, 6) is 1.06. The Bertz CT molecular complexity index is 589. The standard InChI is InChI=1S/C17H20N2O2/c1-13-8-14(2)10-15(9-13)11-21-19-17(18)12-20-16-6-4-3-5-7-16/h3-10H,11-12H2,1-2H3,(H2,18,19). The molecule has 0 spiro atoms. The second kappa shape index (κ2) is 7.33. The lowest BCUT2D eigenvalue weighted by atomic mass is 10.1. The van der Waals surface area contributed by atoms with Crippen LogP contribution in [0.5, 0.6) is 5.75 Å². The summed E-state index contributed by atoms with van der Waals surface area (Å²) in [5.41, 5.74) is 9.24. The number of nitrogens with zero attached hydrogens (tertiary/aromatic N) is 1. The third-order valence-corrected chi connectivity index (χ3v) is 2.82. The molecule has 0 unspecified atom stereocenters. The molecule has 2 N–H and O–H groups in total. The highest BCUT2D eigenvalue weighted by Gasteiger charge is 1.99. The highest BCUT2D eigenvalue weighted by Crippen LogP contribution is 2.10. The zero-order valence-corrected chi connectivity index (χ0v) is 12.4. The number of hydrogen-bond acceptors (Lipinski definition) is 3. The predicted octanol–water partition coefficient (Wildman–Crippen LogP) is 3.17. The number of aryl methyl sites for hydroxylation is 2. The third-order valence-electron chi connectivity index (χ3n) is 2.82. The van der Waals surface area contributed by atoms with E-state index in [0.29, 0.717) is 12.4 Å². The Balaban J connectivity index is 1.80. The van der Waals surface area contributed by atoms with Crippen LogP contribution in [-0.2, 0) is 11.4 Å². The van der Waals surface area contributed by atoms with E-state index in [9.17, 15) is 0 Å². The van der Waals surface area contributed by atoms with Crippen LogP contribution >= 0.6 is 0 Å². The number of para-hydroxylation sites is 1. The van der Waals surface area contributed by atoms with E-state index >= 15 is 0 Å². The highest BCUT2D eigenvalue weighted by atomic mass is 16.6. The summed E-state index contributed by atoms with van der Waals surface area (Å²) >= 11 is 0. The van der Waals surface area contributed by atoms with E-state index < -0.39 is 0 Å². The monoisotopic (exact) mass is 284 g/mol. The molecule has 110 valence electrons. The van der Waals surface area contributed by atoms with Crippen LogP contribution in [0.4, 0.5) is 0 Å². The SMILES string of the molecule is Cc1cc(C)cc(CO/N=C(/N)COc2ccccc2)c1. The zero-order valence-electron chi connectivity index (χ0n) is 12.4. The zero-order chi connectivity index (χ0) is 15.1. The maximum absolute atomic E-state index is 5.75. The number of rotatable bonds is 6. The summed E-state index contributed by atoms with van der Waals surface area (Å²) < 4.78 is 5.47. The first-order valence-electron chi connectivity index (χ1n) is 6.83. The Kier molecular flexibility index (Phi) is 5.21. The van der Waals surface area contributed by atoms with Gasteiger partial charge in [0.25, 0.3) is 0 Å². The van der Waals surface area contributed by atoms with Crippen molar-refractivity contribution in [1.29, 1.82) is 0 Å². The lowest BCUT2D eigenvalue weighted by Gasteiger charge is -2.06. The number of ether oxygens (including phenoxy) is 1. The molecular formula is C17H20N2O2. The van der Waals surface area contributed by atoms with Gasteiger partial charge in [-0.3, -0.25) is 0 Å². The summed E-state index contributed by atoms with van der Waals surface area (Å²) in [5, 5.41) is 3.86. The molecule has 0 aliphatic carbocycles. The lowest BCUT2D eigenvalue weighted by Crippen LogP contribution is -2.21. The number of oxime groups is 1. The summed E-state index contributed by atoms with van der Waals surface area (Å²) in [4.78, 5) is 5.26. The average molecular weight is 284 g/mol. The first-order chi connectivity index (χ1) is 10.1. The number of benzene rings is 2. The van der Waals surface area contributed by atoms with Crippen molar-refractivity contribution in [2.75, 3.05) is 6.61 Å². The van der Waals surface area contributed by atoms with E-state index in [0.717, 1.165) is 11.3 Å². The van der Waals surface area contributed by atoms with E-state index in [-0.39, 0.29) is 6.61 Å². The van der Waals surface area contributed by atoms with Gasteiger partial charge < -0.3 is 15.3 Å². The van der Waals surface area contributed by atoms with Crippen LogP contribution in [-0.4, -0.2) is 12.4 Å². The van der Waals surface area contributed by atoms with Crippen molar-refractivity contribution in [2.24, 2.45) is 10.9 Å². The van der Waals surface area contributed by atoms with Crippen molar-refractivity contribution in [1.82, 2.24) is 0 Å². The third kappa shape index (κ3) is 5.18. The second-order valence-corrected chi connectivity index (χ2v) is 4.95. The van der Waals surface area contributed by atoms with Gasteiger partial charge in [-0.25, -0.2) is 0 Å². The van der Waals surface area contributed by atoms with Gasteiger partial charge in [-0.15, -0.1) is 0 Å². The van der Waals surface area contributed by atoms with Crippen LogP contribution in [0.3, 0.4) is 0 Å². The van der Waals surface area contributed by atoms with E-state index in [1.54, 1.807) is 0 Å². The molecule has 4 heteroatoms. The fraction of sp³-hybridized carbons (Fsp3) is 0.235. The van der Waals surface area contributed by atoms with Crippen molar-refractivity contribution in [3.63, 3.8) is 0 Å². The molecule has 2 aromatic carbocycles. The lowest BCUT2D eigenvalue weighted by molar-refractivity contribution is 0.128. The van der Waals surface area contributed by atoms with Gasteiger partial charge in [-0.2, -0.15) is 0 Å². The topological polar surface area (TPSA) is 56.8 Å². The van der Waals surface area contributed by atoms with Gasteiger partial charge in [-0.1, -0.05) is 52.7 Å². The smallest absolute Gasteiger partial charge is 0.177 e. The maximum Gasteiger partial charge on any atom is 0.177 e. The molecule has 0 aromatic heterocycles. The molecule has 0 amide bonds. The Morgan fingerprint density at radius 2 is 1.71 bits per heavy atom. The van der Waals surface area contributed by atoms with Crippen LogP contribution in [0.15, 0.2) is 53.7 Å². The molecule has 0 bridgehead atoms. The van der Waals surface area contributed by atoms with Gasteiger partial charge in [0.1, 0.15) is 19.0 Å². The fourth-order valence-electron chi connectivity index (χ4n) is 2.04. The normalized spacial score (nSPS) is 11.2. The minimum atomic E-state index is 0.205. The van der Waals surface area contributed by atoms with E-state index in [1.165, 1.54) is 11.1 Å². The van der Waals surface area contributed by atoms with Crippen molar-refractivity contribution >= 4 is 5.84 Å². The van der Waals surface area contributed by atoms with Gasteiger partial charge in [0.15, 0.2) is 5.84 Å². The molecule has 0 atom stereocenters. The number of hydrogen-bond donors (Lipinski definition) is 1.